The standard InChI is InChI=1S/C12H11BrFN3O/c1-15-5-8-6-16-7-17-12(8)18-11-3-2-9(14)4-10(11)13/h2-4,6-7,15H,5H2,1H3. The van der Waals surface area contributed by atoms with Crippen molar-refractivity contribution in [3.8, 4) is 11.6 Å². The molecule has 2 aromatic rings. The van der Waals surface area contributed by atoms with E-state index in [-0.39, 0.29) is 5.82 Å². The van der Waals surface area contributed by atoms with Crippen LogP contribution in [0.5, 0.6) is 11.6 Å². The molecule has 1 heterocycles. The van der Waals surface area contributed by atoms with Crippen molar-refractivity contribution in [2.75, 3.05) is 7.05 Å². The van der Waals surface area contributed by atoms with Crippen molar-refractivity contribution < 1.29 is 9.13 Å². The molecule has 0 fully saturated rings. The van der Waals surface area contributed by atoms with Crippen LogP contribution < -0.4 is 10.1 Å². The molecule has 18 heavy (non-hydrogen) atoms. The summed E-state index contributed by atoms with van der Waals surface area (Å²) in [6.07, 6.45) is 3.09. The number of ether oxygens (including phenoxy) is 1. The fourth-order valence-electron chi connectivity index (χ4n) is 1.41. The van der Waals surface area contributed by atoms with Crippen LogP contribution in [0.1, 0.15) is 5.56 Å². The predicted molar refractivity (Wildman–Crippen MR) is 69.0 cm³/mol. The smallest absolute Gasteiger partial charge is 0.226 e. The van der Waals surface area contributed by atoms with Crippen molar-refractivity contribution in [3.63, 3.8) is 0 Å². The maximum absolute atomic E-state index is 13.0. The Morgan fingerprint density at radius 2 is 2.28 bits per heavy atom. The van der Waals surface area contributed by atoms with Crippen LogP contribution in [-0.4, -0.2) is 17.0 Å². The minimum absolute atomic E-state index is 0.327. The van der Waals surface area contributed by atoms with Crippen LogP contribution in [-0.2, 0) is 6.54 Å². The van der Waals surface area contributed by atoms with Crippen LogP contribution in [0.2, 0.25) is 0 Å². The highest BCUT2D eigenvalue weighted by Crippen LogP contribution is 2.30. The third kappa shape index (κ3) is 3.02. The molecule has 0 aliphatic heterocycles. The molecule has 0 aliphatic rings. The van der Waals surface area contributed by atoms with Gasteiger partial charge < -0.3 is 10.1 Å². The maximum Gasteiger partial charge on any atom is 0.226 e. The fraction of sp³-hybridized carbons (Fsp3) is 0.167. The van der Waals surface area contributed by atoms with Crippen molar-refractivity contribution in [2.24, 2.45) is 0 Å². The second-order valence-corrected chi connectivity index (χ2v) is 4.41. The molecule has 0 saturated heterocycles. The molecule has 0 unspecified atom stereocenters. The summed E-state index contributed by atoms with van der Waals surface area (Å²) in [6, 6.07) is 4.22. The molecule has 4 nitrogen and oxygen atoms in total. The molecule has 0 aliphatic carbocycles. The van der Waals surface area contributed by atoms with Gasteiger partial charge in [0, 0.05) is 18.3 Å². The van der Waals surface area contributed by atoms with Crippen LogP contribution >= 0.6 is 15.9 Å². The average molecular weight is 312 g/mol. The van der Waals surface area contributed by atoms with Crippen LogP contribution in [0.25, 0.3) is 0 Å². The molecule has 0 amide bonds. The number of rotatable bonds is 4. The van der Waals surface area contributed by atoms with E-state index in [0.29, 0.717) is 22.6 Å². The summed E-state index contributed by atoms with van der Waals surface area (Å²) in [7, 11) is 1.82. The summed E-state index contributed by atoms with van der Waals surface area (Å²) in [5.74, 6) is 0.631. The van der Waals surface area contributed by atoms with E-state index in [1.165, 1.54) is 18.5 Å². The van der Waals surface area contributed by atoms with E-state index in [9.17, 15) is 4.39 Å². The summed E-state index contributed by atoms with van der Waals surface area (Å²) in [4.78, 5) is 8.01. The zero-order valence-electron chi connectivity index (χ0n) is 9.65. The number of halogens is 2. The average Bonchev–Trinajstić information content (AvgIpc) is 2.35. The summed E-state index contributed by atoms with van der Waals surface area (Å²) < 4.78 is 19.1. The number of nitrogens with one attached hydrogen (secondary N) is 1. The Kier molecular flexibility index (Phi) is 4.22. The number of nitrogens with zero attached hydrogens (tertiary/aromatic N) is 2. The molecule has 0 atom stereocenters. The number of benzene rings is 1. The summed E-state index contributed by atoms with van der Waals surface area (Å²) in [5.41, 5.74) is 0.830. The summed E-state index contributed by atoms with van der Waals surface area (Å²) in [5, 5.41) is 3.00. The molecule has 1 aromatic heterocycles. The first-order valence-electron chi connectivity index (χ1n) is 5.27. The van der Waals surface area contributed by atoms with Gasteiger partial charge in [-0.05, 0) is 41.2 Å². The number of aromatic nitrogens is 2. The first-order valence-corrected chi connectivity index (χ1v) is 6.06. The topological polar surface area (TPSA) is 47.0 Å². The number of hydrogen-bond donors (Lipinski definition) is 1. The summed E-state index contributed by atoms with van der Waals surface area (Å²) >= 11 is 3.24. The van der Waals surface area contributed by atoms with Crippen LogP contribution in [0.4, 0.5) is 4.39 Å². The van der Waals surface area contributed by atoms with E-state index in [2.05, 4.69) is 31.2 Å². The van der Waals surface area contributed by atoms with Crippen molar-refractivity contribution >= 4 is 15.9 Å². The first kappa shape index (κ1) is 12.9. The Morgan fingerprint density at radius 3 is 3.00 bits per heavy atom. The largest absolute Gasteiger partial charge is 0.437 e. The van der Waals surface area contributed by atoms with E-state index >= 15 is 0 Å². The van der Waals surface area contributed by atoms with Crippen molar-refractivity contribution in [1.82, 2.24) is 15.3 Å². The van der Waals surface area contributed by atoms with E-state index in [4.69, 9.17) is 4.74 Å². The van der Waals surface area contributed by atoms with E-state index in [1.54, 1.807) is 12.3 Å². The van der Waals surface area contributed by atoms with Gasteiger partial charge in [-0.1, -0.05) is 0 Å². The quantitative estimate of drug-likeness (QED) is 0.943. The van der Waals surface area contributed by atoms with E-state index < -0.39 is 0 Å². The third-order valence-electron chi connectivity index (χ3n) is 2.21. The molecule has 1 N–H and O–H groups in total. The highest BCUT2D eigenvalue weighted by Gasteiger charge is 2.09. The van der Waals surface area contributed by atoms with Gasteiger partial charge in [-0.3, -0.25) is 0 Å². The van der Waals surface area contributed by atoms with Gasteiger partial charge in [0.2, 0.25) is 5.88 Å². The molecule has 0 radical (unpaired) electrons. The van der Waals surface area contributed by atoms with Crippen LogP contribution in [0, 0.1) is 5.82 Å². The highest BCUT2D eigenvalue weighted by molar-refractivity contribution is 9.10. The molecule has 0 bridgehead atoms. The zero-order chi connectivity index (χ0) is 13.0. The van der Waals surface area contributed by atoms with Crippen molar-refractivity contribution in [3.05, 3.63) is 46.6 Å². The van der Waals surface area contributed by atoms with Crippen LogP contribution in [0.3, 0.4) is 0 Å². The zero-order valence-corrected chi connectivity index (χ0v) is 11.2. The molecule has 0 spiro atoms. The van der Waals surface area contributed by atoms with E-state index in [1.807, 2.05) is 7.05 Å². The van der Waals surface area contributed by atoms with Gasteiger partial charge in [0.1, 0.15) is 17.9 Å². The van der Waals surface area contributed by atoms with Gasteiger partial charge in [-0.25, -0.2) is 14.4 Å². The fourth-order valence-corrected chi connectivity index (χ4v) is 1.84. The van der Waals surface area contributed by atoms with Gasteiger partial charge in [-0.15, -0.1) is 0 Å². The third-order valence-corrected chi connectivity index (χ3v) is 2.83. The summed E-state index contributed by atoms with van der Waals surface area (Å²) in [6.45, 7) is 0.592. The molecule has 2 rings (SSSR count). The Balaban J connectivity index is 2.28. The molecular weight excluding hydrogens is 301 g/mol. The lowest BCUT2D eigenvalue weighted by Gasteiger charge is -2.10. The minimum Gasteiger partial charge on any atom is -0.437 e. The first-order chi connectivity index (χ1) is 8.70. The van der Waals surface area contributed by atoms with Gasteiger partial charge in [0.05, 0.1) is 4.47 Å². The maximum atomic E-state index is 13.0. The van der Waals surface area contributed by atoms with Gasteiger partial charge in [0.15, 0.2) is 0 Å². The molecule has 1 aromatic carbocycles. The van der Waals surface area contributed by atoms with Crippen molar-refractivity contribution in [1.29, 1.82) is 0 Å². The second kappa shape index (κ2) is 5.88. The minimum atomic E-state index is -0.327. The molecular formula is C12H11BrFN3O. The lowest BCUT2D eigenvalue weighted by Crippen LogP contribution is -2.07. The van der Waals surface area contributed by atoms with Gasteiger partial charge in [-0.2, -0.15) is 0 Å². The van der Waals surface area contributed by atoms with Crippen molar-refractivity contribution in [2.45, 2.75) is 6.54 Å². The number of hydrogen-bond acceptors (Lipinski definition) is 4. The Morgan fingerprint density at radius 1 is 1.44 bits per heavy atom. The molecule has 94 valence electrons. The molecule has 0 saturated carbocycles. The van der Waals surface area contributed by atoms with Gasteiger partial charge >= 0.3 is 0 Å². The van der Waals surface area contributed by atoms with E-state index in [0.717, 1.165) is 5.56 Å². The van der Waals surface area contributed by atoms with Gasteiger partial charge in [0.25, 0.3) is 0 Å². The monoisotopic (exact) mass is 311 g/mol. The Hall–Kier alpha value is -1.53. The SMILES string of the molecule is CNCc1cncnc1Oc1ccc(F)cc1Br. The lowest BCUT2D eigenvalue weighted by molar-refractivity contribution is 0.448. The Labute approximate surface area is 112 Å². The normalized spacial score (nSPS) is 10.4. The second-order valence-electron chi connectivity index (χ2n) is 3.56. The highest BCUT2D eigenvalue weighted by atomic mass is 79.9. The predicted octanol–water partition coefficient (Wildman–Crippen LogP) is 2.89. The molecule has 6 heteroatoms. The lowest BCUT2D eigenvalue weighted by atomic mass is 10.3. The van der Waals surface area contributed by atoms with Crippen LogP contribution in [0.15, 0.2) is 35.2 Å². The Bertz CT molecular complexity index is 551.